The van der Waals surface area contributed by atoms with Crippen molar-refractivity contribution in [1.82, 2.24) is 9.97 Å². The molecule has 0 unspecified atom stereocenters. The third-order valence-electron chi connectivity index (χ3n) is 4.60. The Bertz CT molecular complexity index is 1020. The zero-order valence-corrected chi connectivity index (χ0v) is 18.6. The van der Waals surface area contributed by atoms with Crippen LogP contribution in [-0.4, -0.2) is 22.8 Å². The number of aromatic nitrogens is 2. The van der Waals surface area contributed by atoms with Crippen LogP contribution in [0.15, 0.2) is 53.7 Å². The van der Waals surface area contributed by atoms with Crippen LogP contribution < -0.4 is 10.1 Å². The SMILES string of the molecule is COc1ccc(-c2nc(SCCC(C)C)nc(Nc3ccc(C)cc3)c2C#N)cc1. The number of hydrogen-bond acceptors (Lipinski definition) is 6. The summed E-state index contributed by atoms with van der Waals surface area (Å²) in [7, 11) is 1.63. The number of nitriles is 1. The van der Waals surface area contributed by atoms with E-state index >= 15 is 0 Å². The van der Waals surface area contributed by atoms with E-state index in [0.717, 1.165) is 29.2 Å². The van der Waals surface area contributed by atoms with Crippen LogP contribution in [0.3, 0.4) is 0 Å². The van der Waals surface area contributed by atoms with Crippen molar-refractivity contribution in [3.05, 3.63) is 59.7 Å². The van der Waals surface area contributed by atoms with E-state index in [1.807, 2.05) is 55.5 Å². The number of benzene rings is 2. The molecule has 1 heterocycles. The first kappa shape index (κ1) is 21.7. The van der Waals surface area contributed by atoms with E-state index in [-0.39, 0.29) is 0 Å². The molecule has 0 radical (unpaired) electrons. The Morgan fingerprint density at radius 2 is 1.77 bits per heavy atom. The topological polar surface area (TPSA) is 70.8 Å². The molecular weight excluding hydrogens is 392 g/mol. The number of hydrogen-bond donors (Lipinski definition) is 1. The summed E-state index contributed by atoms with van der Waals surface area (Å²) in [5.74, 6) is 2.82. The number of methoxy groups -OCH3 is 1. The maximum absolute atomic E-state index is 9.92. The highest BCUT2D eigenvalue weighted by Gasteiger charge is 2.17. The number of thioether (sulfide) groups is 1. The molecule has 0 amide bonds. The van der Waals surface area contributed by atoms with Crippen LogP contribution in [0.4, 0.5) is 11.5 Å². The predicted molar refractivity (Wildman–Crippen MR) is 123 cm³/mol. The normalized spacial score (nSPS) is 10.7. The van der Waals surface area contributed by atoms with Crippen LogP contribution in [0, 0.1) is 24.2 Å². The van der Waals surface area contributed by atoms with E-state index in [2.05, 4.69) is 30.2 Å². The van der Waals surface area contributed by atoms with E-state index in [1.54, 1.807) is 18.9 Å². The molecule has 3 aromatic rings. The Morgan fingerprint density at radius 1 is 1.07 bits per heavy atom. The quantitative estimate of drug-likeness (QED) is 0.346. The van der Waals surface area contributed by atoms with Gasteiger partial charge in [-0.3, -0.25) is 0 Å². The highest BCUT2D eigenvalue weighted by atomic mass is 32.2. The van der Waals surface area contributed by atoms with Crippen LogP contribution in [0.25, 0.3) is 11.3 Å². The summed E-state index contributed by atoms with van der Waals surface area (Å²) in [4.78, 5) is 9.40. The van der Waals surface area contributed by atoms with Gasteiger partial charge in [0, 0.05) is 17.0 Å². The molecule has 0 aliphatic carbocycles. The minimum Gasteiger partial charge on any atom is -0.497 e. The second-order valence-corrected chi connectivity index (χ2v) is 8.50. The maximum Gasteiger partial charge on any atom is 0.190 e. The number of ether oxygens (including phenoxy) is 1. The van der Waals surface area contributed by atoms with Crippen molar-refractivity contribution in [2.75, 3.05) is 18.2 Å². The number of rotatable bonds is 8. The summed E-state index contributed by atoms with van der Waals surface area (Å²) in [6.07, 6.45) is 1.08. The number of nitrogens with zero attached hydrogens (tertiary/aromatic N) is 3. The van der Waals surface area contributed by atoms with Gasteiger partial charge in [0.25, 0.3) is 0 Å². The van der Waals surface area contributed by atoms with Crippen molar-refractivity contribution in [2.45, 2.75) is 32.3 Å². The summed E-state index contributed by atoms with van der Waals surface area (Å²) >= 11 is 1.62. The summed E-state index contributed by atoms with van der Waals surface area (Å²) in [6, 6.07) is 17.9. The van der Waals surface area contributed by atoms with Gasteiger partial charge in [-0.1, -0.05) is 43.3 Å². The van der Waals surface area contributed by atoms with Crippen LogP contribution in [0.5, 0.6) is 5.75 Å². The fraction of sp³-hybridized carbons (Fsp3) is 0.292. The monoisotopic (exact) mass is 418 g/mol. The lowest BCUT2D eigenvalue weighted by Crippen LogP contribution is -2.04. The molecule has 0 aliphatic rings. The van der Waals surface area contributed by atoms with Crippen molar-refractivity contribution in [3.8, 4) is 23.1 Å². The minimum atomic E-state index is 0.425. The first-order chi connectivity index (χ1) is 14.5. The molecule has 0 bridgehead atoms. The molecule has 0 spiro atoms. The van der Waals surface area contributed by atoms with E-state index in [0.29, 0.717) is 28.1 Å². The van der Waals surface area contributed by atoms with E-state index in [1.165, 1.54) is 5.56 Å². The maximum atomic E-state index is 9.92. The lowest BCUT2D eigenvalue weighted by molar-refractivity contribution is 0.415. The molecule has 30 heavy (non-hydrogen) atoms. The van der Waals surface area contributed by atoms with Crippen LogP contribution in [0.1, 0.15) is 31.4 Å². The van der Waals surface area contributed by atoms with Gasteiger partial charge < -0.3 is 10.1 Å². The van der Waals surface area contributed by atoms with Crippen LogP contribution in [0.2, 0.25) is 0 Å². The molecule has 5 nitrogen and oxygen atoms in total. The van der Waals surface area contributed by atoms with Gasteiger partial charge in [0.05, 0.1) is 12.8 Å². The van der Waals surface area contributed by atoms with Gasteiger partial charge in [0.15, 0.2) is 11.0 Å². The number of aryl methyl sites for hydroxylation is 1. The molecular formula is C24H26N4OS. The van der Waals surface area contributed by atoms with Gasteiger partial charge in [0.1, 0.15) is 17.4 Å². The number of anilines is 2. The standard InChI is InChI=1S/C24H26N4OS/c1-16(2)13-14-30-24-27-22(18-7-11-20(29-4)12-8-18)21(15-25)23(28-24)26-19-9-5-17(3)6-10-19/h5-12,16H,13-14H2,1-4H3,(H,26,27,28). The van der Waals surface area contributed by atoms with E-state index in [9.17, 15) is 5.26 Å². The molecule has 0 fully saturated rings. The van der Waals surface area contributed by atoms with Gasteiger partial charge in [0.2, 0.25) is 0 Å². The van der Waals surface area contributed by atoms with Crippen molar-refractivity contribution in [1.29, 1.82) is 5.26 Å². The fourth-order valence-corrected chi connectivity index (χ4v) is 3.90. The average molecular weight is 419 g/mol. The Balaban J connectivity index is 2.03. The zero-order valence-electron chi connectivity index (χ0n) is 17.8. The first-order valence-corrected chi connectivity index (χ1v) is 10.9. The molecule has 6 heteroatoms. The average Bonchev–Trinajstić information content (AvgIpc) is 2.75. The summed E-state index contributed by atoms with van der Waals surface area (Å²) in [6.45, 7) is 6.45. The summed E-state index contributed by atoms with van der Waals surface area (Å²) in [5.41, 5.74) is 3.96. The first-order valence-electron chi connectivity index (χ1n) is 9.93. The third-order valence-corrected chi connectivity index (χ3v) is 5.49. The van der Waals surface area contributed by atoms with Gasteiger partial charge >= 0.3 is 0 Å². The molecule has 1 aromatic heterocycles. The largest absolute Gasteiger partial charge is 0.497 e. The van der Waals surface area contributed by atoms with Crippen molar-refractivity contribution >= 4 is 23.3 Å². The van der Waals surface area contributed by atoms with Gasteiger partial charge in [-0.15, -0.1) is 0 Å². The Labute approximate surface area is 182 Å². The summed E-state index contributed by atoms with van der Waals surface area (Å²) in [5, 5.41) is 13.9. The van der Waals surface area contributed by atoms with Crippen LogP contribution in [-0.2, 0) is 0 Å². The van der Waals surface area contributed by atoms with Gasteiger partial charge in [-0.05, 0) is 55.7 Å². The lowest BCUT2D eigenvalue weighted by Gasteiger charge is -2.13. The van der Waals surface area contributed by atoms with E-state index in [4.69, 9.17) is 9.72 Å². The highest BCUT2D eigenvalue weighted by molar-refractivity contribution is 7.99. The fourth-order valence-electron chi connectivity index (χ4n) is 2.82. The Morgan fingerprint density at radius 3 is 2.37 bits per heavy atom. The summed E-state index contributed by atoms with van der Waals surface area (Å²) < 4.78 is 5.26. The van der Waals surface area contributed by atoms with E-state index < -0.39 is 0 Å². The molecule has 0 aliphatic heterocycles. The van der Waals surface area contributed by atoms with Crippen molar-refractivity contribution < 1.29 is 4.74 Å². The van der Waals surface area contributed by atoms with Crippen molar-refractivity contribution in [2.24, 2.45) is 5.92 Å². The number of nitrogens with one attached hydrogen (secondary N) is 1. The molecule has 0 saturated carbocycles. The predicted octanol–water partition coefficient (Wildman–Crippen LogP) is 6.21. The lowest BCUT2D eigenvalue weighted by atomic mass is 10.1. The zero-order chi connectivity index (χ0) is 21.5. The second kappa shape index (κ2) is 10.1. The third kappa shape index (κ3) is 5.52. The molecule has 0 atom stereocenters. The minimum absolute atomic E-state index is 0.425. The smallest absolute Gasteiger partial charge is 0.190 e. The molecule has 2 aromatic carbocycles. The second-order valence-electron chi connectivity index (χ2n) is 7.44. The van der Waals surface area contributed by atoms with Gasteiger partial charge in [-0.25, -0.2) is 9.97 Å². The molecule has 0 saturated heterocycles. The molecule has 1 N–H and O–H groups in total. The highest BCUT2D eigenvalue weighted by Crippen LogP contribution is 2.32. The molecule has 154 valence electrons. The van der Waals surface area contributed by atoms with Crippen molar-refractivity contribution in [3.63, 3.8) is 0 Å². The molecule has 3 rings (SSSR count). The van der Waals surface area contributed by atoms with Gasteiger partial charge in [-0.2, -0.15) is 5.26 Å². The Kier molecular flexibility index (Phi) is 7.31. The Hall–Kier alpha value is -3.04. The van der Waals surface area contributed by atoms with Crippen LogP contribution >= 0.6 is 11.8 Å².